The second-order valence-electron chi connectivity index (χ2n) is 10.3. The van der Waals surface area contributed by atoms with Crippen LogP contribution in [-0.2, 0) is 42.9 Å². The Bertz CT molecular complexity index is 967. The minimum atomic E-state index is -2.23. The molecule has 2 N–H and O–H groups in total. The zero-order valence-corrected chi connectivity index (χ0v) is 21.1. The van der Waals surface area contributed by atoms with Crippen LogP contribution in [0.2, 0.25) is 0 Å². The van der Waals surface area contributed by atoms with Gasteiger partial charge in [-0.25, -0.2) is 4.79 Å². The number of ether oxygens (including phenoxy) is 5. The Morgan fingerprint density at radius 1 is 1.09 bits per heavy atom. The Kier molecular flexibility index (Phi) is 6.86. The van der Waals surface area contributed by atoms with Gasteiger partial charge in [-0.15, -0.1) is 0 Å². The lowest BCUT2D eigenvalue weighted by atomic mass is 9.51. The second-order valence-corrected chi connectivity index (χ2v) is 10.3. The van der Waals surface area contributed by atoms with Crippen molar-refractivity contribution in [2.45, 2.75) is 95.4 Å². The van der Waals surface area contributed by atoms with Crippen molar-refractivity contribution in [1.82, 2.24) is 0 Å². The number of carbonyl (C=O) groups is 4. The Balaban J connectivity index is 2.39. The number of carbonyl (C=O) groups excluding carboxylic acids is 4. The van der Waals surface area contributed by atoms with Crippen molar-refractivity contribution >= 4 is 23.9 Å². The lowest BCUT2D eigenvalue weighted by Gasteiger charge is -2.63. The van der Waals surface area contributed by atoms with Gasteiger partial charge in [-0.2, -0.15) is 0 Å². The first kappa shape index (κ1) is 27.1. The summed E-state index contributed by atoms with van der Waals surface area (Å²) in [6.45, 7) is 8.08. The minimum absolute atomic E-state index is 0.0247. The molecule has 196 valence electrons. The highest BCUT2D eigenvalue weighted by molar-refractivity contribution is 5.95. The molecule has 2 aliphatic carbocycles. The van der Waals surface area contributed by atoms with Gasteiger partial charge in [0.05, 0.1) is 18.1 Å². The molecule has 1 heterocycles. The third kappa shape index (κ3) is 4.03. The van der Waals surface area contributed by atoms with Gasteiger partial charge in [-0.05, 0) is 26.7 Å². The van der Waals surface area contributed by atoms with Crippen molar-refractivity contribution in [2.24, 2.45) is 5.92 Å². The zero-order valence-electron chi connectivity index (χ0n) is 21.1. The summed E-state index contributed by atoms with van der Waals surface area (Å²) < 4.78 is 28.0. The fourth-order valence-electron chi connectivity index (χ4n) is 5.70. The maximum atomic E-state index is 13.2. The van der Waals surface area contributed by atoms with Crippen molar-refractivity contribution < 1.29 is 53.1 Å². The number of rotatable bonds is 6. The summed E-state index contributed by atoms with van der Waals surface area (Å²) in [5.41, 5.74) is -7.93. The Morgan fingerprint density at radius 2 is 1.71 bits per heavy atom. The molecule has 0 radical (unpaired) electrons. The first-order valence-corrected chi connectivity index (χ1v) is 11.5. The van der Waals surface area contributed by atoms with Crippen molar-refractivity contribution in [3.05, 3.63) is 11.1 Å². The fraction of sp³-hybridized carbons (Fsp3) is 0.750. The standard InChI is InChI=1S/C24H34O11/c1-12(2)18(27)33-16-10-22(6,34-14(4)26)23(30)9-8-21(5,29)20(32-13(3)25)24(23)17(16)15(11-31-7)19(28)35-24/h12,16,20,29-30H,8-11H2,1-7H3/t16-,20-,21+,22+,23-,24-/m0/s1. The topological polar surface area (TPSA) is 155 Å². The Labute approximate surface area is 203 Å². The summed E-state index contributed by atoms with van der Waals surface area (Å²) in [7, 11) is 1.35. The van der Waals surface area contributed by atoms with Gasteiger partial charge in [-0.1, -0.05) is 13.8 Å². The van der Waals surface area contributed by atoms with Crippen LogP contribution in [0.5, 0.6) is 0 Å². The average Bonchev–Trinajstić information content (AvgIpc) is 3.00. The van der Waals surface area contributed by atoms with E-state index in [1.165, 1.54) is 21.0 Å². The number of hydrogen-bond donors (Lipinski definition) is 2. The van der Waals surface area contributed by atoms with E-state index in [9.17, 15) is 29.4 Å². The number of esters is 4. The minimum Gasteiger partial charge on any atom is -0.457 e. The normalized spacial score (nSPS) is 38.4. The number of methoxy groups -OCH3 is 1. The highest BCUT2D eigenvalue weighted by Crippen LogP contribution is 2.63. The fourth-order valence-corrected chi connectivity index (χ4v) is 5.70. The van der Waals surface area contributed by atoms with E-state index >= 15 is 0 Å². The first-order valence-electron chi connectivity index (χ1n) is 11.5. The van der Waals surface area contributed by atoms with Crippen LogP contribution in [0.3, 0.4) is 0 Å². The summed E-state index contributed by atoms with van der Waals surface area (Å²) in [6.07, 6.45) is -3.32. The van der Waals surface area contributed by atoms with Gasteiger partial charge in [0.1, 0.15) is 17.3 Å². The first-order chi connectivity index (χ1) is 16.1. The van der Waals surface area contributed by atoms with Crippen LogP contribution in [0.15, 0.2) is 11.1 Å². The molecule has 1 spiro atoms. The van der Waals surface area contributed by atoms with Crippen LogP contribution in [0, 0.1) is 5.92 Å². The molecule has 1 aliphatic heterocycles. The van der Waals surface area contributed by atoms with Crippen LogP contribution >= 0.6 is 0 Å². The molecule has 3 aliphatic rings. The average molecular weight is 499 g/mol. The molecule has 0 aromatic rings. The van der Waals surface area contributed by atoms with Gasteiger partial charge in [0.15, 0.2) is 11.7 Å². The number of aliphatic hydroxyl groups is 2. The van der Waals surface area contributed by atoms with Crippen LogP contribution < -0.4 is 0 Å². The van der Waals surface area contributed by atoms with Gasteiger partial charge >= 0.3 is 23.9 Å². The monoisotopic (exact) mass is 498 g/mol. The molecule has 3 rings (SSSR count). The molecule has 35 heavy (non-hydrogen) atoms. The Morgan fingerprint density at radius 3 is 2.23 bits per heavy atom. The van der Waals surface area contributed by atoms with E-state index < -0.39 is 64.4 Å². The molecule has 0 aromatic heterocycles. The maximum absolute atomic E-state index is 13.2. The summed E-state index contributed by atoms with van der Waals surface area (Å²) in [5, 5.41) is 23.7. The third-order valence-electron chi connectivity index (χ3n) is 7.21. The summed E-state index contributed by atoms with van der Waals surface area (Å²) >= 11 is 0. The van der Waals surface area contributed by atoms with Gasteiger partial charge in [0, 0.05) is 33.0 Å². The molecule has 2 saturated carbocycles. The van der Waals surface area contributed by atoms with Crippen molar-refractivity contribution in [3.63, 3.8) is 0 Å². The molecule has 0 unspecified atom stereocenters. The zero-order chi connectivity index (χ0) is 26.6. The van der Waals surface area contributed by atoms with Crippen LogP contribution in [0.1, 0.15) is 60.8 Å². The van der Waals surface area contributed by atoms with Crippen molar-refractivity contribution in [1.29, 1.82) is 0 Å². The molecule has 0 amide bonds. The van der Waals surface area contributed by atoms with Crippen molar-refractivity contribution in [3.8, 4) is 0 Å². The number of hydrogen-bond acceptors (Lipinski definition) is 11. The third-order valence-corrected chi connectivity index (χ3v) is 7.21. The molecule has 6 atom stereocenters. The van der Waals surface area contributed by atoms with Gasteiger partial charge < -0.3 is 33.9 Å². The largest absolute Gasteiger partial charge is 0.457 e. The summed E-state index contributed by atoms with van der Waals surface area (Å²) in [5.74, 6) is -3.60. The SMILES string of the molecule is COCC1=C2[C@@H](OC(=O)C(C)C)C[C@@](C)(OC(C)=O)[C@@]3(O)CC[C@@](C)(O)[C@H](OC(C)=O)[C@@]23OC1=O. The lowest BCUT2D eigenvalue weighted by molar-refractivity contribution is -0.324. The van der Waals surface area contributed by atoms with E-state index in [0.29, 0.717) is 0 Å². The molecule has 2 fully saturated rings. The molecular formula is C24H34O11. The Hall–Kier alpha value is -2.50. The van der Waals surface area contributed by atoms with E-state index in [-0.39, 0.29) is 37.0 Å². The van der Waals surface area contributed by atoms with E-state index in [2.05, 4.69) is 0 Å². The highest BCUT2D eigenvalue weighted by Gasteiger charge is 2.81. The highest BCUT2D eigenvalue weighted by atomic mass is 16.6. The second kappa shape index (κ2) is 8.86. The molecule has 0 aromatic carbocycles. The van der Waals surface area contributed by atoms with E-state index in [1.54, 1.807) is 13.8 Å². The van der Waals surface area contributed by atoms with E-state index in [0.717, 1.165) is 13.8 Å². The quantitative estimate of drug-likeness (QED) is 0.393. The molecule has 0 saturated heterocycles. The summed E-state index contributed by atoms with van der Waals surface area (Å²) in [6, 6.07) is 0. The molecule has 0 bridgehead atoms. The van der Waals surface area contributed by atoms with Crippen LogP contribution in [0.25, 0.3) is 0 Å². The van der Waals surface area contributed by atoms with Crippen molar-refractivity contribution in [2.75, 3.05) is 13.7 Å². The van der Waals surface area contributed by atoms with Gasteiger partial charge in [0.2, 0.25) is 5.60 Å². The van der Waals surface area contributed by atoms with Crippen LogP contribution in [-0.4, -0.2) is 82.4 Å². The van der Waals surface area contributed by atoms with E-state index in [4.69, 9.17) is 23.7 Å². The smallest absolute Gasteiger partial charge is 0.337 e. The van der Waals surface area contributed by atoms with Crippen LogP contribution in [0.4, 0.5) is 0 Å². The van der Waals surface area contributed by atoms with Gasteiger partial charge in [0.25, 0.3) is 0 Å². The molecule has 11 heteroatoms. The predicted octanol–water partition coefficient (Wildman–Crippen LogP) is 0.726. The van der Waals surface area contributed by atoms with Gasteiger partial charge in [-0.3, -0.25) is 14.4 Å². The van der Waals surface area contributed by atoms with E-state index in [1.807, 2.05) is 0 Å². The predicted molar refractivity (Wildman–Crippen MR) is 118 cm³/mol. The maximum Gasteiger partial charge on any atom is 0.337 e. The molecule has 11 nitrogen and oxygen atoms in total. The summed E-state index contributed by atoms with van der Waals surface area (Å²) in [4.78, 5) is 50.3. The lowest BCUT2D eigenvalue weighted by Crippen LogP contribution is -2.82. The molecular weight excluding hydrogens is 464 g/mol.